The molecule has 0 aliphatic carbocycles. The Labute approximate surface area is 91.8 Å². The van der Waals surface area contributed by atoms with Crippen LogP contribution in [0.2, 0.25) is 0 Å². The zero-order valence-electron chi connectivity index (χ0n) is 9.79. The van der Waals surface area contributed by atoms with Gasteiger partial charge < -0.3 is 15.4 Å². The van der Waals surface area contributed by atoms with Crippen LogP contribution in [0.4, 0.5) is 11.4 Å². The molecule has 0 fully saturated rings. The molecule has 0 radical (unpaired) electrons. The average Bonchev–Trinajstić information content (AvgIpc) is 2.22. The number of nitrogens with zero attached hydrogens (tertiary/aromatic N) is 1. The van der Waals surface area contributed by atoms with Crippen molar-refractivity contribution in [2.75, 3.05) is 37.9 Å². The number of nitrogens with two attached hydrogens (primary N) is 1. The lowest BCUT2D eigenvalue weighted by Crippen LogP contribution is -2.20. The summed E-state index contributed by atoms with van der Waals surface area (Å²) < 4.78 is 5.02. The van der Waals surface area contributed by atoms with E-state index < -0.39 is 0 Å². The second-order valence-corrected chi connectivity index (χ2v) is 3.83. The Morgan fingerprint density at radius 3 is 2.80 bits per heavy atom. The van der Waals surface area contributed by atoms with Crippen molar-refractivity contribution in [1.82, 2.24) is 0 Å². The number of nitrogen functional groups attached to an aromatic ring is 1. The van der Waals surface area contributed by atoms with Crippen molar-refractivity contribution in [3.05, 3.63) is 23.8 Å². The van der Waals surface area contributed by atoms with E-state index in [9.17, 15) is 0 Å². The molecule has 0 aliphatic heterocycles. The van der Waals surface area contributed by atoms with Crippen molar-refractivity contribution in [1.29, 1.82) is 0 Å². The molecule has 1 aromatic carbocycles. The Balaban J connectivity index is 2.64. The van der Waals surface area contributed by atoms with Gasteiger partial charge in [-0.25, -0.2) is 0 Å². The van der Waals surface area contributed by atoms with Crippen LogP contribution in [0, 0.1) is 6.92 Å². The lowest BCUT2D eigenvalue weighted by molar-refractivity contribution is 0.196. The Morgan fingerprint density at radius 1 is 1.40 bits per heavy atom. The van der Waals surface area contributed by atoms with Gasteiger partial charge in [-0.1, -0.05) is 6.07 Å². The molecule has 0 aromatic heterocycles. The van der Waals surface area contributed by atoms with Crippen LogP contribution in [0.15, 0.2) is 18.2 Å². The minimum Gasteiger partial charge on any atom is -0.397 e. The molecule has 1 aromatic rings. The van der Waals surface area contributed by atoms with Gasteiger partial charge in [0.15, 0.2) is 0 Å². The number of methoxy groups -OCH3 is 1. The van der Waals surface area contributed by atoms with Crippen molar-refractivity contribution >= 4 is 11.4 Å². The van der Waals surface area contributed by atoms with E-state index in [1.165, 1.54) is 5.56 Å². The zero-order chi connectivity index (χ0) is 11.3. The summed E-state index contributed by atoms with van der Waals surface area (Å²) >= 11 is 0. The molecule has 0 atom stereocenters. The monoisotopic (exact) mass is 208 g/mol. The van der Waals surface area contributed by atoms with Crippen molar-refractivity contribution in [2.24, 2.45) is 0 Å². The van der Waals surface area contributed by atoms with Gasteiger partial charge in [0, 0.05) is 27.3 Å². The molecule has 0 amide bonds. The summed E-state index contributed by atoms with van der Waals surface area (Å²) in [5, 5.41) is 0. The topological polar surface area (TPSA) is 38.5 Å². The van der Waals surface area contributed by atoms with E-state index in [1.54, 1.807) is 7.11 Å². The lowest BCUT2D eigenvalue weighted by Gasteiger charge is -2.21. The lowest BCUT2D eigenvalue weighted by atomic mass is 10.2. The van der Waals surface area contributed by atoms with Gasteiger partial charge in [-0.15, -0.1) is 0 Å². The van der Waals surface area contributed by atoms with Crippen LogP contribution >= 0.6 is 0 Å². The summed E-state index contributed by atoms with van der Waals surface area (Å²) in [6.07, 6.45) is 1.01. The third-order valence-corrected chi connectivity index (χ3v) is 2.44. The molecule has 0 aliphatic rings. The first-order valence-electron chi connectivity index (χ1n) is 5.21. The molecule has 0 spiro atoms. The first kappa shape index (κ1) is 11.9. The van der Waals surface area contributed by atoms with Crippen LogP contribution in [0.3, 0.4) is 0 Å². The third kappa shape index (κ3) is 3.44. The molecule has 3 heteroatoms. The molecule has 3 nitrogen and oxygen atoms in total. The summed E-state index contributed by atoms with van der Waals surface area (Å²) in [5.41, 5.74) is 9.09. The number of aryl methyl sites for hydroxylation is 1. The first-order chi connectivity index (χ1) is 7.15. The number of ether oxygens (including phenoxy) is 1. The van der Waals surface area contributed by atoms with E-state index in [4.69, 9.17) is 10.5 Å². The second kappa shape index (κ2) is 5.61. The van der Waals surface area contributed by atoms with Crippen molar-refractivity contribution in [3.8, 4) is 0 Å². The van der Waals surface area contributed by atoms with E-state index in [0.717, 1.165) is 30.9 Å². The van der Waals surface area contributed by atoms with Crippen molar-refractivity contribution < 1.29 is 4.74 Å². The van der Waals surface area contributed by atoms with Crippen LogP contribution in [-0.2, 0) is 4.74 Å². The molecule has 0 bridgehead atoms. The standard InChI is InChI=1S/C12H20N2O/c1-10-5-6-11(13)12(9-10)14(2)7-4-8-15-3/h5-6,9H,4,7-8,13H2,1-3H3. The van der Waals surface area contributed by atoms with Crippen molar-refractivity contribution in [2.45, 2.75) is 13.3 Å². The van der Waals surface area contributed by atoms with Crippen LogP contribution in [0.25, 0.3) is 0 Å². The third-order valence-electron chi connectivity index (χ3n) is 2.44. The largest absolute Gasteiger partial charge is 0.397 e. The molecule has 0 saturated heterocycles. The zero-order valence-corrected chi connectivity index (χ0v) is 9.79. The highest BCUT2D eigenvalue weighted by atomic mass is 16.5. The van der Waals surface area contributed by atoms with E-state index >= 15 is 0 Å². The van der Waals surface area contributed by atoms with E-state index in [2.05, 4.69) is 24.9 Å². The predicted octanol–water partition coefficient (Wildman–Crippen LogP) is 2.05. The van der Waals surface area contributed by atoms with E-state index in [0.29, 0.717) is 0 Å². The van der Waals surface area contributed by atoms with Gasteiger partial charge in [0.2, 0.25) is 0 Å². The molecule has 1 rings (SSSR count). The van der Waals surface area contributed by atoms with Gasteiger partial charge >= 0.3 is 0 Å². The van der Waals surface area contributed by atoms with Gasteiger partial charge in [0.1, 0.15) is 0 Å². The maximum absolute atomic E-state index is 5.92. The number of hydrogen-bond donors (Lipinski definition) is 1. The molecule has 2 N–H and O–H groups in total. The summed E-state index contributed by atoms with van der Waals surface area (Å²) in [6, 6.07) is 6.10. The minimum absolute atomic E-state index is 0.788. The Kier molecular flexibility index (Phi) is 4.43. The van der Waals surface area contributed by atoms with Gasteiger partial charge in [0.05, 0.1) is 11.4 Å². The van der Waals surface area contributed by atoms with Crippen LogP contribution in [0.5, 0.6) is 0 Å². The predicted molar refractivity (Wildman–Crippen MR) is 65.4 cm³/mol. The fourth-order valence-corrected chi connectivity index (χ4v) is 1.55. The molecular formula is C12H20N2O. The molecular weight excluding hydrogens is 188 g/mol. The normalized spacial score (nSPS) is 10.3. The SMILES string of the molecule is COCCCN(C)c1cc(C)ccc1N. The van der Waals surface area contributed by atoms with E-state index in [-0.39, 0.29) is 0 Å². The second-order valence-electron chi connectivity index (χ2n) is 3.83. The fraction of sp³-hybridized carbons (Fsp3) is 0.500. The summed E-state index contributed by atoms with van der Waals surface area (Å²) in [6.45, 7) is 3.82. The highest BCUT2D eigenvalue weighted by molar-refractivity contribution is 5.68. The minimum atomic E-state index is 0.788. The molecule has 84 valence electrons. The van der Waals surface area contributed by atoms with Gasteiger partial charge in [0.25, 0.3) is 0 Å². The smallest absolute Gasteiger partial charge is 0.0599 e. The number of benzene rings is 1. The fourth-order valence-electron chi connectivity index (χ4n) is 1.55. The maximum atomic E-state index is 5.92. The quantitative estimate of drug-likeness (QED) is 0.594. The molecule has 0 unspecified atom stereocenters. The summed E-state index contributed by atoms with van der Waals surface area (Å²) in [7, 11) is 3.78. The maximum Gasteiger partial charge on any atom is 0.0599 e. The molecule has 0 saturated carbocycles. The van der Waals surface area contributed by atoms with Crippen LogP contribution in [-0.4, -0.2) is 27.3 Å². The summed E-state index contributed by atoms with van der Waals surface area (Å²) in [5.74, 6) is 0. The highest BCUT2D eigenvalue weighted by Gasteiger charge is 2.04. The summed E-state index contributed by atoms with van der Waals surface area (Å²) in [4.78, 5) is 2.17. The van der Waals surface area contributed by atoms with Crippen LogP contribution in [0.1, 0.15) is 12.0 Å². The van der Waals surface area contributed by atoms with Gasteiger partial charge in [-0.2, -0.15) is 0 Å². The number of hydrogen-bond acceptors (Lipinski definition) is 3. The van der Waals surface area contributed by atoms with Gasteiger partial charge in [-0.3, -0.25) is 0 Å². The number of rotatable bonds is 5. The van der Waals surface area contributed by atoms with Gasteiger partial charge in [-0.05, 0) is 31.0 Å². The Morgan fingerprint density at radius 2 is 2.13 bits per heavy atom. The van der Waals surface area contributed by atoms with Crippen molar-refractivity contribution in [3.63, 3.8) is 0 Å². The molecule has 15 heavy (non-hydrogen) atoms. The Hall–Kier alpha value is -1.22. The average molecular weight is 208 g/mol. The highest BCUT2D eigenvalue weighted by Crippen LogP contribution is 2.23. The Bertz CT molecular complexity index is 312. The first-order valence-corrected chi connectivity index (χ1v) is 5.21. The molecule has 0 heterocycles. The number of anilines is 2. The van der Waals surface area contributed by atoms with Crippen LogP contribution < -0.4 is 10.6 Å². The van der Waals surface area contributed by atoms with E-state index in [1.807, 2.05) is 12.1 Å².